The monoisotopic (exact) mass is 431 g/mol. The topological polar surface area (TPSA) is 101 Å². The van der Waals surface area contributed by atoms with Gasteiger partial charge in [0.2, 0.25) is 5.09 Å². The lowest BCUT2D eigenvalue weighted by atomic mass is 10.1. The minimum Gasteiger partial charge on any atom is -0.438 e. The molecule has 0 aliphatic heterocycles. The normalized spacial score (nSPS) is 12.1. The van der Waals surface area contributed by atoms with Crippen LogP contribution in [0.5, 0.6) is 0 Å². The third-order valence-electron chi connectivity index (χ3n) is 3.55. The molecule has 0 atom stereocenters. The minimum absolute atomic E-state index is 0.117. The van der Waals surface area contributed by atoms with Crippen molar-refractivity contribution in [3.05, 3.63) is 53.1 Å². The molecule has 7 nitrogen and oxygen atoms in total. The van der Waals surface area contributed by atoms with Crippen LogP contribution in [0.4, 0.5) is 18.3 Å². The third-order valence-corrected chi connectivity index (χ3v) is 5.59. The van der Waals surface area contributed by atoms with Crippen LogP contribution in [0, 0.1) is 0 Å². The van der Waals surface area contributed by atoms with E-state index in [1.165, 1.54) is 30.6 Å². The van der Waals surface area contributed by atoms with Crippen molar-refractivity contribution in [2.45, 2.75) is 11.3 Å². The molecule has 1 amide bonds. The number of sulfonamides is 1. The van der Waals surface area contributed by atoms with Crippen LogP contribution in [0.1, 0.15) is 16.1 Å². The Morgan fingerprint density at radius 1 is 1.21 bits per heavy atom. The molecule has 0 aliphatic rings. The zero-order valence-electron chi connectivity index (χ0n) is 14.1. The van der Waals surface area contributed by atoms with Crippen LogP contribution in [-0.4, -0.2) is 26.4 Å². The van der Waals surface area contributed by atoms with Crippen molar-refractivity contribution in [1.29, 1.82) is 0 Å². The Kier molecular flexibility index (Phi) is 5.28. The van der Waals surface area contributed by atoms with Gasteiger partial charge < -0.3 is 4.42 Å². The number of thiazole rings is 1. The Labute approximate surface area is 161 Å². The van der Waals surface area contributed by atoms with E-state index in [1.54, 1.807) is 0 Å². The first-order valence-electron chi connectivity index (χ1n) is 7.58. The van der Waals surface area contributed by atoms with E-state index in [-0.39, 0.29) is 22.1 Å². The maximum absolute atomic E-state index is 12.8. The Morgan fingerprint density at radius 2 is 1.96 bits per heavy atom. The molecule has 0 unspecified atom stereocenters. The molecule has 0 fully saturated rings. The molecule has 2 N–H and O–H groups in total. The molecule has 0 radical (unpaired) electrons. The van der Waals surface area contributed by atoms with Crippen LogP contribution in [0.3, 0.4) is 0 Å². The maximum atomic E-state index is 12.8. The summed E-state index contributed by atoms with van der Waals surface area (Å²) in [7, 11) is -2.64. The number of carbonyl (C=O) groups excluding carboxylic acids is 1. The summed E-state index contributed by atoms with van der Waals surface area (Å²) < 4.78 is 68.8. The van der Waals surface area contributed by atoms with Gasteiger partial charge in [0.25, 0.3) is 15.9 Å². The largest absolute Gasteiger partial charge is 0.438 e. The van der Waals surface area contributed by atoms with E-state index in [4.69, 9.17) is 4.42 Å². The predicted molar refractivity (Wildman–Crippen MR) is 95.5 cm³/mol. The number of furan rings is 1. The summed E-state index contributed by atoms with van der Waals surface area (Å²) in [5.41, 5.74) is -0.311. The van der Waals surface area contributed by atoms with Crippen LogP contribution in [0.15, 0.2) is 51.3 Å². The zero-order valence-corrected chi connectivity index (χ0v) is 15.7. The second-order valence-electron chi connectivity index (χ2n) is 5.40. The summed E-state index contributed by atoms with van der Waals surface area (Å²) in [5.74, 6) is -1.01. The number of nitrogens with zero attached hydrogens (tertiary/aromatic N) is 1. The number of benzene rings is 1. The van der Waals surface area contributed by atoms with Gasteiger partial charge in [-0.05, 0) is 31.3 Å². The molecule has 1 aromatic carbocycles. The number of aromatic nitrogens is 1. The van der Waals surface area contributed by atoms with E-state index in [0.717, 1.165) is 29.5 Å². The quantitative estimate of drug-likeness (QED) is 0.643. The van der Waals surface area contributed by atoms with E-state index >= 15 is 0 Å². The Hall–Kier alpha value is -2.70. The van der Waals surface area contributed by atoms with Crippen molar-refractivity contribution in [2.75, 3.05) is 12.4 Å². The number of hydrogen-bond acceptors (Lipinski definition) is 6. The van der Waals surface area contributed by atoms with E-state index in [2.05, 4.69) is 15.0 Å². The molecule has 0 spiro atoms. The highest BCUT2D eigenvalue weighted by Gasteiger charge is 2.30. The summed E-state index contributed by atoms with van der Waals surface area (Å²) >= 11 is 1.00. The number of carbonyl (C=O) groups is 1. The van der Waals surface area contributed by atoms with E-state index in [0.29, 0.717) is 0 Å². The Bertz CT molecular complexity index is 1120. The molecule has 28 heavy (non-hydrogen) atoms. The second kappa shape index (κ2) is 7.37. The lowest BCUT2D eigenvalue weighted by Crippen LogP contribution is -2.18. The standard InChI is InChI=1S/C16H12F3N3O4S2/c1-20-28(24,25)13-6-5-12(26-13)14(23)22-15-21-11(8-27-15)9-3-2-4-10(7-9)16(17,18)19/h2-8,20H,1H3,(H,21,22,23). The van der Waals surface area contributed by atoms with Crippen molar-refractivity contribution < 1.29 is 30.8 Å². The highest BCUT2D eigenvalue weighted by atomic mass is 32.2. The van der Waals surface area contributed by atoms with Crippen LogP contribution in [0.2, 0.25) is 0 Å². The number of hydrogen-bond donors (Lipinski definition) is 2. The summed E-state index contributed by atoms with van der Waals surface area (Å²) in [4.78, 5) is 16.3. The van der Waals surface area contributed by atoms with Gasteiger partial charge in [-0.1, -0.05) is 12.1 Å². The van der Waals surface area contributed by atoms with Gasteiger partial charge in [0, 0.05) is 10.9 Å². The van der Waals surface area contributed by atoms with E-state index < -0.39 is 32.8 Å². The number of alkyl halides is 3. The number of rotatable bonds is 5. The highest BCUT2D eigenvalue weighted by Crippen LogP contribution is 2.33. The molecule has 0 saturated heterocycles. The first-order chi connectivity index (χ1) is 13.1. The van der Waals surface area contributed by atoms with Gasteiger partial charge >= 0.3 is 6.18 Å². The summed E-state index contributed by atoms with van der Waals surface area (Å²) in [6.45, 7) is 0. The van der Waals surface area contributed by atoms with Crippen molar-refractivity contribution in [1.82, 2.24) is 9.71 Å². The number of nitrogens with one attached hydrogen (secondary N) is 2. The molecular formula is C16H12F3N3O4S2. The fraction of sp³-hybridized carbons (Fsp3) is 0.125. The van der Waals surface area contributed by atoms with Crippen molar-refractivity contribution in [3.8, 4) is 11.3 Å². The lowest BCUT2D eigenvalue weighted by molar-refractivity contribution is -0.137. The molecule has 148 valence electrons. The molecule has 0 saturated carbocycles. The molecule has 2 heterocycles. The first-order valence-corrected chi connectivity index (χ1v) is 9.94. The van der Waals surface area contributed by atoms with E-state index in [9.17, 15) is 26.4 Å². The number of amides is 1. The van der Waals surface area contributed by atoms with Crippen LogP contribution in [0.25, 0.3) is 11.3 Å². The number of anilines is 1. The lowest BCUT2D eigenvalue weighted by Gasteiger charge is -2.07. The van der Waals surface area contributed by atoms with Gasteiger partial charge in [0.15, 0.2) is 10.9 Å². The Balaban J connectivity index is 1.78. The molecule has 3 aromatic rings. The van der Waals surface area contributed by atoms with Crippen LogP contribution >= 0.6 is 11.3 Å². The Morgan fingerprint density at radius 3 is 2.64 bits per heavy atom. The molecule has 12 heteroatoms. The van der Waals surface area contributed by atoms with Crippen molar-refractivity contribution in [3.63, 3.8) is 0 Å². The molecular weight excluding hydrogens is 419 g/mol. The average Bonchev–Trinajstić information content (AvgIpc) is 3.31. The molecule has 2 aromatic heterocycles. The number of halogens is 3. The van der Waals surface area contributed by atoms with Gasteiger partial charge in [-0.25, -0.2) is 18.1 Å². The van der Waals surface area contributed by atoms with Crippen LogP contribution < -0.4 is 10.0 Å². The summed E-state index contributed by atoms with van der Waals surface area (Å²) in [5, 5.41) is 3.59. The van der Waals surface area contributed by atoms with Gasteiger partial charge in [-0.15, -0.1) is 11.3 Å². The summed E-state index contributed by atoms with van der Waals surface area (Å²) in [6, 6.07) is 6.95. The smallest absolute Gasteiger partial charge is 0.416 e. The first kappa shape index (κ1) is 20.0. The minimum atomic E-state index is -4.48. The van der Waals surface area contributed by atoms with Crippen molar-refractivity contribution in [2.24, 2.45) is 0 Å². The van der Waals surface area contributed by atoms with E-state index in [1.807, 2.05) is 0 Å². The molecule has 0 aliphatic carbocycles. The van der Waals surface area contributed by atoms with Gasteiger partial charge in [0.1, 0.15) is 0 Å². The zero-order chi connectivity index (χ0) is 20.5. The van der Waals surface area contributed by atoms with Gasteiger partial charge in [-0.2, -0.15) is 13.2 Å². The fourth-order valence-electron chi connectivity index (χ4n) is 2.16. The fourth-order valence-corrected chi connectivity index (χ4v) is 3.53. The molecule has 0 bridgehead atoms. The van der Waals surface area contributed by atoms with Crippen molar-refractivity contribution >= 4 is 32.4 Å². The predicted octanol–water partition coefficient (Wildman–Crippen LogP) is 3.58. The van der Waals surface area contributed by atoms with Gasteiger partial charge in [-0.3, -0.25) is 10.1 Å². The highest BCUT2D eigenvalue weighted by molar-refractivity contribution is 7.89. The van der Waals surface area contributed by atoms with Gasteiger partial charge in [0.05, 0.1) is 11.3 Å². The third kappa shape index (κ3) is 4.24. The second-order valence-corrected chi connectivity index (χ2v) is 8.07. The average molecular weight is 431 g/mol. The maximum Gasteiger partial charge on any atom is 0.416 e. The van der Waals surface area contributed by atoms with Crippen LogP contribution in [-0.2, 0) is 16.2 Å². The summed E-state index contributed by atoms with van der Waals surface area (Å²) in [6.07, 6.45) is -4.48. The molecule has 3 rings (SSSR count). The SMILES string of the molecule is CNS(=O)(=O)c1ccc(C(=O)Nc2nc(-c3cccc(C(F)(F)F)c3)cs2)o1.